The van der Waals surface area contributed by atoms with E-state index in [1.54, 1.807) is 24.3 Å². The first-order valence-corrected chi connectivity index (χ1v) is 8.96. The first-order valence-electron chi connectivity index (χ1n) is 7.91. The molecule has 0 bridgehead atoms. The lowest BCUT2D eigenvalue weighted by molar-refractivity contribution is -0.131. The Morgan fingerprint density at radius 3 is 2.56 bits per heavy atom. The fourth-order valence-corrected chi connectivity index (χ4v) is 3.07. The Bertz CT molecular complexity index is 869. The van der Waals surface area contributed by atoms with Gasteiger partial charge in [0.2, 0.25) is 0 Å². The maximum absolute atomic E-state index is 12.0. The van der Waals surface area contributed by atoms with Gasteiger partial charge in [-0.25, -0.2) is 4.98 Å². The molecule has 0 radical (unpaired) electrons. The van der Waals surface area contributed by atoms with Gasteiger partial charge in [-0.15, -0.1) is 11.8 Å². The second-order valence-electron chi connectivity index (χ2n) is 5.65. The van der Waals surface area contributed by atoms with Crippen LogP contribution in [0.3, 0.4) is 0 Å². The topological polar surface area (TPSA) is 72.1 Å². The van der Waals surface area contributed by atoms with Crippen molar-refractivity contribution in [1.29, 1.82) is 0 Å². The summed E-state index contributed by atoms with van der Waals surface area (Å²) in [6.07, 6.45) is 0. The number of carbonyl (C=O) groups excluding carboxylic acids is 2. The number of thioether (sulfide) groups is 1. The van der Waals surface area contributed by atoms with Crippen LogP contribution in [0, 0.1) is 0 Å². The van der Waals surface area contributed by atoms with Gasteiger partial charge in [-0.1, -0.05) is 12.1 Å². The highest BCUT2D eigenvalue weighted by Crippen LogP contribution is 2.28. The Morgan fingerprint density at radius 1 is 1.16 bits per heavy atom. The van der Waals surface area contributed by atoms with Crippen molar-refractivity contribution < 1.29 is 14.3 Å². The van der Waals surface area contributed by atoms with Crippen LogP contribution >= 0.6 is 11.8 Å². The molecule has 5 nitrogen and oxygen atoms in total. The van der Waals surface area contributed by atoms with Crippen LogP contribution in [0.25, 0.3) is 11.0 Å². The summed E-state index contributed by atoms with van der Waals surface area (Å²) >= 11 is 1.46. The third-order valence-electron chi connectivity index (χ3n) is 3.74. The number of para-hydroxylation sites is 2. The first-order chi connectivity index (χ1) is 12.0. The Labute approximate surface area is 149 Å². The van der Waals surface area contributed by atoms with Crippen LogP contribution in [-0.2, 0) is 4.79 Å². The molecular weight excluding hydrogens is 336 g/mol. The van der Waals surface area contributed by atoms with Gasteiger partial charge in [0.15, 0.2) is 5.78 Å². The second-order valence-corrected chi connectivity index (χ2v) is 6.98. The number of hydrogen-bond donors (Lipinski definition) is 1. The Hall–Kier alpha value is -2.60. The molecule has 0 aliphatic rings. The number of ether oxygens (including phenoxy) is 1. The second kappa shape index (κ2) is 7.53. The molecule has 0 saturated heterocycles. The molecule has 0 aliphatic heterocycles. The number of fused-ring (bicyclic) bond motifs is 1. The van der Waals surface area contributed by atoms with Crippen LogP contribution in [0.4, 0.5) is 0 Å². The van der Waals surface area contributed by atoms with E-state index in [1.165, 1.54) is 18.7 Å². The minimum absolute atomic E-state index is 0.0203. The van der Waals surface area contributed by atoms with Gasteiger partial charge in [0.1, 0.15) is 11.6 Å². The molecule has 0 unspecified atom stereocenters. The van der Waals surface area contributed by atoms with Gasteiger partial charge in [-0.3, -0.25) is 9.59 Å². The average Bonchev–Trinajstić information content (AvgIpc) is 3.04. The monoisotopic (exact) mass is 354 g/mol. The molecule has 128 valence electrons. The molecular formula is C19H18N2O3S. The zero-order valence-corrected chi connectivity index (χ0v) is 14.8. The molecule has 1 aromatic heterocycles. The Balaban J connectivity index is 1.55. The van der Waals surface area contributed by atoms with Gasteiger partial charge < -0.3 is 9.72 Å². The van der Waals surface area contributed by atoms with E-state index in [-0.39, 0.29) is 22.8 Å². The largest absolute Gasteiger partial charge is 0.426 e. The smallest absolute Gasteiger partial charge is 0.321 e. The summed E-state index contributed by atoms with van der Waals surface area (Å²) < 4.78 is 5.29. The number of nitrogens with zero attached hydrogens (tertiary/aromatic N) is 1. The number of carbonyl (C=O) groups is 2. The summed E-state index contributed by atoms with van der Waals surface area (Å²) in [5.74, 6) is 1.14. The van der Waals surface area contributed by atoms with E-state index in [2.05, 4.69) is 9.97 Å². The predicted octanol–water partition coefficient (Wildman–Crippen LogP) is 4.17. The lowest BCUT2D eigenvalue weighted by Gasteiger charge is -2.08. The van der Waals surface area contributed by atoms with Crippen molar-refractivity contribution >= 4 is 34.5 Å². The number of esters is 1. The van der Waals surface area contributed by atoms with E-state index in [0.29, 0.717) is 11.3 Å². The summed E-state index contributed by atoms with van der Waals surface area (Å²) in [6, 6.07) is 14.4. The number of nitrogens with one attached hydrogen (secondary N) is 1. The SMILES string of the molecule is CC(=O)c1ccc(OC(=O)CS[C@H](C)c2nc3ccccc3[nH]2)cc1. The van der Waals surface area contributed by atoms with Crippen molar-refractivity contribution in [3.05, 3.63) is 59.9 Å². The summed E-state index contributed by atoms with van der Waals surface area (Å²) in [5.41, 5.74) is 2.49. The van der Waals surface area contributed by atoms with Crippen LogP contribution in [0.2, 0.25) is 0 Å². The van der Waals surface area contributed by atoms with E-state index in [0.717, 1.165) is 16.9 Å². The highest BCUT2D eigenvalue weighted by atomic mass is 32.2. The van der Waals surface area contributed by atoms with Crippen LogP contribution in [0.1, 0.15) is 35.3 Å². The lowest BCUT2D eigenvalue weighted by atomic mass is 10.1. The zero-order chi connectivity index (χ0) is 17.8. The van der Waals surface area contributed by atoms with Crippen LogP contribution in [0.5, 0.6) is 5.75 Å². The van der Waals surface area contributed by atoms with Gasteiger partial charge in [0.05, 0.1) is 22.0 Å². The van der Waals surface area contributed by atoms with E-state index >= 15 is 0 Å². The molecule has 25 heavy (non-hydrogen) atoms. The maximum atomic E-state index is 12.0. The highest BCUT2D eigenvalue weighted by molar-refractivity contribution is 8.00. The van der Waals surface area contributed by atoms with Crippen LogP contribution < -0.4 is 4.74 Å². The van der Waals surface area contributed by atoms with E-state index in [9.17, 15) is 9.59 Å². The van der Waals surface area contributed by atoms with Gasteiger partial charge in [0, 0.05) is 5.56 Å². The van der Waals surface area contributed by atoms with Crippen molar-refractivity contribution in [2.45, 2.75) is 19.1 Å². The molecule has 2 aromatic carbocycles. The van der Waals surface area contributed by atoms with Crippen molar-refractivity contribution in [1.82, 2.24) is 9.97 Å². The Morgan fingerprint density at radius 2 is 1.88 bits per heavy atom. The summed E-state index contributed by atoms with van der Waals surface area (Å²) in [7, 11) is 0. The summed E-state index contributed by atoms with van der Waals surface area (Å²) in [4.78, 5) is 31.0. The number of aromatic amines is 1. The molecule has 6 heteroatoms. The van der Waals surface area contributed by atoms with Crippen molar-refractivity contribution in [2.24, 2.45) is 0 Å². The van der Waals surface area contributed by atoms with E-state index in [1.807, 2.05) is 31.2 Å². The number of rotatable bonds is 6. The van der Waals surface area contributed by atoms with Crippen molar-refractivity contribution in [3.63, 3.8) is 0 Å². The van der Waals surface area contributed by atoms with E-state index < -0.39 is 0 Å². The normalized spacial score (nSPS) is 12.1. The molecule has 0 aliphatic carbocycles. The number of benzene rings is 2. The number of Topliss-reactive ketones (excluding diaryl/α,β-unsaturated/α-hetero) is 1. The highest BCUT2D eigenvalue weighted by Gasteiger charge is 2.14. The fraction of sp³-hybridized carbons (Fsp3) is 0.211. The van der Waals surface area contributed by atoms with Crippen molar-refractivity contribution in [2.75, 3.05) is 5.75 Å². The zero-order valence-electron chi connectivity index (χ0n) is 14.0. The number of aromatic nitrogens is 2. The predicted molar refractivity (Wildman–Crippen MR) is 99.0 cm³/mol. The van der Waals surface area contributed by atoms with Gasteiger partial charge >= 0.3 is 5.97 Å². The molecule has 1 atom stereocenters. The standard InChI is InChI=1S/C19H18N2O3S/c1-12(22)14-7-9-15(10-8-14)24-18(23)11-25-13(2)19-20-16-5-3-4-6-17(16)21-19/h3-10,13H,11H2,1-2H3,(H,20,21)/t13-/m1/s1. The first kappa shape index (κ1) is 17.2. The fourth-order valence-electron chi connectivity index (χ4n) is 2.36. The molecule has 0 fully saturated rings. The third-order valence-corrected chi connectivity index (χ3v) is 4.86. The minimum atomic E-state index is -0.330. The molecule has 1 heterocycles. The molecule has 3 aromatic rings. The third kappa shape index (κ3) is 4.28. The quantitative estimate of drug-likeness (QED) is 0.409. The number of H-pyrrole nitrogens is 1. The van der Waals surface area contributed by atoms with Crippen molar-refractivity contribution in [3.8, 4) is 5.75 Å². The molecule has 3 rings (SSSR count). The molecule has 0 spiro atoms. The van der Waals surface area contributed by atoms with Gasteiger partial charge in [0.25, 0.3) is 0 Å². The van der Waals surface area contributed by atoms with Gasteiger partial charge in [-0.05, 0) is 50.2 Å². The van der Waals surface area contributed by atoms with Crippen LogP contribution in [0.15, 0.2) is 48.5 Å². The lowest BCUT2D eigenvalue weighted by Crippen LogP contribution is -2.12. The van der Waals surface area contributed by atoms with Gasteiger partial charge in [-0.2, -0.15) is 0 Å². The van der Waals surface area contributed by atoms with E-state index in [4.69, 9.17) is 4.74 Å². The Kier molecular flexibility index (Phi) is 5.19. The maximum Gasteiger partial charge on any atom is 0.321 e. The molecule has 1 N–H and O–H groups in total. The number of hydrogen-bond acceptors (Lipinski definition) is 5. The summed E-state index contributed by atoms with van der Waals surface area (Å²) in [5, 5.41) is 0.0417. The molecule has 0 amide bonds. The minimum Gasteiger partial charge on any atom is -0.426 e. The van der Waals surface area contributed by atoms with Crippen LogP contribution in [-0.4, -0.2) is 27.5 Å². The molecule has 0 saturated carbocycles. The summed E-state index contributed by atoms with van der Waals surface area (Å²) in [6.45, 7) is 3.49. The number of ketones is 1. The number of imidazole rings is 1. The average molecular weight is 354 g/mol.